The van der Waals surface area contributed by atoms with Gasteiger partial charge >= 0.3 is 0 Å². The number of halogens is 1. The maximum Gasteiger partial charge on any atom is 0.262 e. The van der Waals surface area contributed by atoms with E-state index in [1.165, 1.54) is 0 Å². The van der Waals surface area contributed by atoms with Crippen molar-refractivity contribution in [2.24, 2.45) is 5.92 Å². The minimum Gasteiger partial charge on any atom is -0.360 e. The average Bonchev–Trinajstić information content (AvgIpc) is 3.45. The van der Waals surface area contributed by atoms with E-state index in [-0.39, 0.29) is 23.6 Å². The molecule has 0 bridgehead atoms. The van der Waals surface area contributed by atoms with Gasteiger partial charge in [-0.3, -0.25) is 20.3 Å². The van der Waals surface area contributed by atoms with Gasteiger partial charge in [0.1, 0.15) is 22.8 Å². The molecule has 3 aromatic rings. The maximum atomic E-state index is 13.3. The van der Waals surface area contributed by atoms with Crippen LogP contribution in [0.1, 0.15) is 28.1 Å². The van der Waals surface area contributed by atoms with Crippen LogP contribution in [0.2, 0.25) is 5.02 Å². The standard InChI is InChI=1S/C21H23ClN8O3/c1-10-8-15(30(27-10)21-25-18-13(19(31)26-21)9-23-29(18)3)24-20(32)16-11(2)33-28-17(16)12-6-4-5-7-14(12)22/h4-8,13,18,21,23,25H,9H2,1-3H3,(H,24,32)(H,26,31). The summed E-state index contributed by atoms with van der Waals surface area (Å²) in [5.41, 5.74) is 5.04. The van der Waals surface area contributed by atoms with Crippen molar-refractivity contribution < 1.29 is 14.1 Å². The predicted molar refractivity (Wildman–Crippen MR) is 120 cm³/mol. The molecule has 2 aliphatic heterocycles. The zero-order valence-electron chi connectivity index (χ0n) is 18.2. The van der Waals surface area contributed by atoms with Crippen molar-refractivity contribution in [3.63, 3.8) is 0 Å². The summed E-state index contributed by atoms with van der Waals surface area (Å²) in [6.07, 6.45) is -0.847. The molecule has 5 rings (SSSR count). The molecule has 2 amide bonds. The van der Waals surface area contributed by atoms with Gasteiger partial charge in [-0.05, 0) is 19.9 Å². The first kappa shape index (κ1) is 21.6. The van der Waals surface area contributed by atoms with E-state index in [0.717, 1.165) is 0 Å². The zero-order valence-corrected chi connectivity index (χ0v) is 19.0. The molecular weight excluding hydrogens is 448 g/mol. The third-order valence-corrected chi connectivity index (χ3v) is 6.20. The number of anilines is 1. The maximum absolute atomic E-state index is 13.3. The Kier molecular flexibility index (Phi) is 5.41. The van der Waals surface area contributed by atoms with E-state index in [1.54, 1.807) is 35.9 Å². The van der Waals surface area contributed by atoms with Crippen molar-refractivity contribution in [2.45, 2.75) is 26.3 Å². The lowest BCUT2D eigenvalue weighted by molar-refractivity contribution is -0.131. The van der Waals surface area contributed by atoms with Crippen LogP contribution >= 0.6 is 11.6 Å². The predicted octanol–water partition coefficient (Wildman–Crippen LogP) is 1.63. The van der Waals surface area contributed by atoms with Gasteiger partial charge in [0.15, 0.2) is 6.29 Å². The Morgan fingerprint density at radius 3 is 2.88 bits per heavy atom. The molecule has 12 heteroatoms. The largest absolute Gasteiger partial charge is 0.360 e. The normalized spacial score (nSPS) is 22.8. The Labute approximate surface area is 194 Å². The molecule has 2 saturated heterocycles. The number of aryl methyl sites for hydroxylation is 2. The molecule has 2 aliphatic rings. The fourth-order valence-electron chi connectivity index (χ4n) is 4.23. The number of carbonyl (C=O) groups excluding carboxylic acids is 2. The summed E-state index contributed by atoms with van der Waals surface area (Å²) >= 11 is 6.32. The molecule has 172 valence electrons. The molecule has 0 radical (unpaired) electrons. The van der Waals surface area contributed by atoms with Crippen molar-refractivity contribution in [3.05, 3.63) is 52.4 Å². The topological polar surface area (TPSA) is 129 Å². The second-order valence-corrected chi connectivity index (χ2v) is 8.52. The van der Waals surface area contributed by atoms with Gasteiger partial charge in [0, 0.05) is 25.2 Å². The number of hydrogen-bond acceptors (Lipinski definition) is 8. The second-order valence-electron chi connectivity index (χ2n) is 8.11. The summed E-state index contributed by atoms with van der Waals surface area (Å²) in [6, 6.07) is 8.83. The summed E-state index contributed by atoms with van der Waals surface area (Å²) in [7, 11) is 1.87. The number of hydrogen-bond donors (Lipinski definition) is 4. The third kappa shape index (κ3) is 3.78. The fourth-order valence-corrected chi connectivity index (χ4v) is 4.45. The average molecular weight is 471 g/mol. The highest BCUT2D eigenvalue weighted by atomic mass is 35.5. The molecule has 2 fully saturated rings. The molecule has 0 saturated carbocycles. The van der Waals surface area contributed by atoms with Crippen LogP contribution in [0.3, 0.4) is 0 Å². The van der Waals surface area contributed by atoms with Crippen LogP contribution in [0.15, 0.2) is 34.9 Å². The molecule has 4 heterocycles. The zero-order chi connectivity index (χ0) is 23.3. The Morgan fingerprint density at radius 1 is 1.30 bits per heavy atom. The Bertz CT molecular complexity index is 1240. The van der Waals surface area contributed by atoms with Gasteiger partial charge < -0.3 is 15.2 Å². The van der Waals surface area contributed by atoms with Crippen LogP contribution in [-0.2, 0) is 4.79 Å². The highest BCUT2D eigenvalue weighted by molar-refractivity contribution is 6.33. The van der Waals surface area contributed by atoms with Crippen molar-refractivity contribution in [3.8, 4) is 11.3 Å². The van der Waals surface area contributed by atoms with Crippen molar-refractivity contribution in [2.75, 3.05) is 18.9 Å². The van der Waals surface area contributed by atoms with Crippen molar-refractivity contribution >= 4 is 29.2 Å². The summed E-state index contributed by atoms with van der Waals surface area (Å²) in [5.74, 6) is 0.0223. The van der Waals surface area contributed by atoms with E-state index in [4.69, 9.17) is 16.1 Å². The van der Waals surface area contributed by atoms with E-state index in [2.05, 4.69) is 31.6 Å². The quantitative estimate of drug-likeness (QED) is 0.453. The lowest BCUT2D eigenvalue weighted by atomic mass is 10.0. The van der Waals surface area contributed by atoms with Crippen molar-refractivity contribution in [1.29, 1.82) is 0 Å². The molecule has 4 N–H and O–H groups in total. The number of benzene rings is 1. The second kappa shape index (κ2) is 8.27. The first-order valence-electron chi connectivity index (χ1n) is 10.4. The molecule has 11 nitrogen and oxygen atoms in total. The van der Waals surface area contributed by atoms with E-state index >= 15 is 0 Å². The Morgan fingerprint density at radius 2 is 2.09 bits per heavy atom. The van der Waals surface area contributed by atoms with Crippen LogP contribution in [0.5, 0.6) is 0 Å². The first-order chi connectivity index (χ1) is 15.8. The van der Waals surface area contributed by atoms with Gasteiger partial charge in [0.2, 0.25) is 5.91 Å². The summed E-state index contributed by atoms with van der Waals surface area (Å²) in [4.78, 5) is 26.0. The van der Waals surface area contributed by atoms with Gasteiger partial charge in [-0.1, -0.05) is 35.0 Å². The molecular formula is C21H23ClN8O3. The Hall–Kier alpha value is -3.25. The van der Waals surface area contributed by atoms with Gasteiger partial charge in [0.05, 0.1) is 22.8 Å². The van der Waals surface area contributed by atoms with E-state index < -0.39 is 12.2 Å². The van der Waals surface area contributed by atoms with E-state index in [0.29, 0.717) is 40.1 Å². The lowest BCUT2D eigenvalue weighted by Gasteiger charge is -2.35. The smallest absolute Gasteiger partial charge is 0.262 e. The van der Waals surface area contributed by atoms with Crippen LogP contribution in [0.25, 0.3) is 11.3 Å². The molecule has 33 heavy (non-hydrogen) atoms. The van der Waals surface area contributed by atoms with Gasteiger partial charge in [-0.25, -0.2) is 9.69 Å². The minimum absolute atomic E-state index is 0.0954. The summed E-state index contributed by atoms with van der Waals surface area (Å²) in [6.45, 7) is 4.02. The summed E-state index contributed by atoms with van der Waals surface area (Å²) < 4.78 is 6.86. The van der Waals surface area contributed by atoms with E-state index in [9.17, 15) is 9.59 Å². The van der Waals surface area contributed by atoms with Gasteiger partial charge in [-0.2, -0.15) is 5.10 Å². The molecule has 3 atom stereocenters. The molecule has 3 unspecified atom stereocenters. The Balaban J connectivity index is 1.44. The lowest BCUT2D eigenvalue weighted by Crippen LogP contribution is -2.61. The number of fused-ring (bicyclic) bond motifs is 1. The number of rotatable bonds is 4. The van der Waals surface area contributed by atoms with Gasteiger partial charge in [-0.15, -0.1) is 0 Å². The van der Waals surface area contributed by atoms with Crippen LogP contribution in [-0.4, -0.2) is 51.5 Å². The van der Waals surface area contributed by atoms with E-state index in [1.807, 2.05) is 25.0 Å². The highest BCUT2D eigenvalue weighted by Gasteiger charge is 2.43. The van der Waals surface area contributed by atoms with Crippen LogP contribution in [0, 0.1) is 19.8 Å². The number of hydrazine groups is 1. The molecule has 0 spiro atoms. The number of nitrogens with one attached hydrogen (secondary N) is 4. The molecule has 2 aromatic heterocycles. The molecule has 1 aromatic carbocycles. The SMILES string of the molecule is Cc1cc(NC(=O)c2c(-c3ccccc3Cl)noc2C)n(C2NC(=O)C3CNN(C)C3N2)n1. The summed E-state index contributed by atoms with van der Waals surface area (Å²) in [5, 5.41) is 20.0. The number of carbonyl (C=O) groups is 2. The number of nitrogens with zero attached hydrogens (tertiary/aromatic N) is 4. The number of aromatic nitrogens is 3. The van der Waals surface area contributed by atoms with Crippen LogP contribution in [0.4, 0.5) is 5.82 Å². The van der Waals surface area contributed by atoms with Crippen molar-refractivity contribution in [1.82, 2.24) is 36.0 Å². The number of amides is 2. The monoisotopic (exact) mass is 470 g/mol. The highest BCUT2D eigenvalue weighted by Crippen LogP contribution is 2.32. The molecule has 0 aliphatic carbocycles. The third-order valence-electron chi connectivity index (χ3n) is 5.87. The first-order valence-corrected chi connectivity index (χ1v) is 10.8. The fraction of sp³-hybridized carbons (Fsp3) is 0.333. The van der Waals surface area contributed by atoms with Gasteiger partial charge in [0.25, 0.3) is 5.91 Å². The van der Waals surface area contributed by atoms with Crippen LogP contribution < -0.4 is 21.4 Å². The minimum atomic E-state index is -0.642.